The molecule has 0 aliphatic carbocycles. The summed E-state index contributed by atoms with van der Waals surface area (Å²) in [5.74, 6) is -0.283. The SMILES string of the molecule is COCCNC(=O)CCc1ccccc1C(F)(F)F. The Morgan fingerprint density at radius 3 is 2.63 bits per heavy atom. The summed E-state index contributed by atoms with van der Waals surface area (Å²) in [4.78, 5) is 11.4. The van der Waals surface area contributed by atoms with Crippen LogP contribution in [0.1, 0.15) is 17.5 Å². The number of hydrogen-bond acceptors (Lipinski definition) is 2. The summed E-state index contributed by atoms with van der Waals surface area (Å²) in [6.07, 6.45) is -4.30. The first-order chi connectivity index (χ1) is 8.95. The first kappa shape index (κ1) is 15.5. The van der Waals surface area contributed by atoms with E-state index in [1.807, 2.05) is 0 Å². The van der Waals surface area contributed by atoms with Gasteiger partial charge in [-0.05, 0) is 18.1 Å². The van der Waals surface area contributed by atoms with Crippen LogP contribution in [-0.4, -0.2) is 26.2 Å². The quantitative estimate of drug-likeness (QED) is 0.810. The second-order valence-electron chi connectivity index (χ2n) is 4.00. The fourth-order valence-corrected chi connectivity index (χ4v) is 1.64. The summed E-state index contributed by atoms with van der Waals surface area (Å²) < 4.78 is 42.9. The van der Waals surface area contributed by atoms with Gasteiger partial charge in [0.25, 0.3) is 0 Å². The molecule has 1 N–H and O–H groups in total. The molecule has 0 atom stereocenters. The van der Waals surface area contributed by atoms with Crippen molar-refractivity contribution in [3.63, 3.8) is 0 Å². The van der Waals surface area contributed by atoms with Crippen LogP contribution in [0.15, 0.2) is 24.3 Å². The molecule has 1 aromatic rings. The third-order valence-electron chi connectivity index (χ3n) is 2.57. The normalized spacial score (nSPS) is 11.4. The fraction of sp³-hybridized carbons (Fsp3) is 0.462. The van der Waals surface area contributed by atoms with Gasteiger partial charge in [-0.25, -0.2) is 0 Å². The Labute approximate surface area is 109 Å². The minimum atomic E-state index is -4.39. The lowest BCUT2D eigenvalue weighted by Gasteiger charge is -2.12. The van der Waals surface area contributed by atoms with Gasteiger partial charge in [0.1, 0.15) is 0 Å². The number of alkyl halides is 3. The molecule has 0 unspecified atom stereocenters. The molecule has 0 aliphatic heterocycles. The summed E-state index contributed by atoms with van der Waals surface area (Å²) in [5, 5.41) is 2.57. The lowest BCUT2D eigenvalue weighted by Crippen LogP contribution is -2.27. The predicted molar refractivity (Wildman–Crippen MR) is 64.7 cm³/mol. The van der Waals surface area contributed by atoms with Crippen molar-refractivity contribution in [3.05, 3.63) is 35.4 Å². The standard InChI is InChI=1S/C13H16F3NO2/c1-19-9-8-17-12(18)7-6-10-4-2-3-5-11(10)13(14,15)16/h2-5H,6-9H2,1H3,(H,17,18). The van der Waals surface area contributed by atoms with Gasteiger partial charge in [-0.15, -0.1) is 0 Å². The van der Waals surface area contributed by atoms with Gasteiger partial charge < -0.3 is 10.1 Å². The lowest BCUT2D eigenvalue weighted by atomic mass is 10.0. The monoisotopic (exact) mass is 275 g/mol. The Bertz CT molecular complexity index is 419. The van der Waals surface area contributed by atoms with E-state index in [4.69, 9.17) is 4.74 Å². The number of rotatable bonds is 6. The van der Waals surface area contributed by atoms with Gasteiger partial charge in [0.05, 0.1) is 12.2 Å². The van der Waals surface area contributed by atoms with E-state index in [-0.39, 0.29) is 24.3 Å². The van der Waals surface area contributed by atoms with E-state index in [2.05, 4.69) is 5.32 Å². The Morgan fingerprint density at radius 1 is 1.32 bits per heavy atom. The molecular weight excluding hydrogens is 259 g/mol. The van der Waals surface area contributed by atoms with Gasteiger partial charge in [-0.3, -0.25) is 4.79 Å². The van der Waals surface area contributed by atoms with Crippen molar-refractivity contribution in [2.24, 2.45) is 0 Å². The number of aryl methyl sites for hydroxylation is 1. The van der Waals surface area contributed by atoms with Crippen LogP contribution in [0.4, 0.5) is 13.2 Å². The van der Waals surface area contributed by atoms with Gasteiger partial charge in [-0.2, -0.15) is 13.2 Å². The van der Waals surface area contributed by atoms with Crippen LogP contribution in [0.25, 0.3) is 0 Å². The van der Waals surface area contributed by atoms with Crippen molar-refractivity contribution in [1.29, 1.82) is 0 Å². The molecule has 0 spiro atoms. The summed E-state index contributed by atoms with van der Waals surface area (Å²) in [7, 11) is 1.51. The highest BCUT2D eigenvalue weighted by molar-refractivity contribution is 5.76. The molecule has 0 bridgehead atoms. The smallest absolute Gasteiger partial charge is 0.383 e. The van der Waals surface area contributed by atoms with Crippen molar-refractivity contribution in [3.8, 4) is 0 Å². The van der Waals surface area contributed by atoms with Crippen LogP contribution in [0.3, 0.4) is 0 Å². The van der Waals surface area contributed by atoms with Crippen LogP contribution in [-0.2, 0) is 22.1 Å². The highest BCUT2D eigenvalue weighted by atomic mass is 19.4. The Hall–Kier alpha value is -1.56. The predicted octanol–water partition coefficient (Wildman–Crippen LogP) is 2.40. The van der Waals surface area contributed by atoms with Crippen LogP contribution in [0.5, 0.6) is 0 Å². The van der Waals surface area contributed by atoms with Crippen LogP contribution in [0, 0.1) is 0 Å². The molecule has 3 nitrogen and oxygen atoms in total. The molecule has 1 amide bonds. The zero-order chi connectivity index (χ0) is 14.3. The van der Waals surface area contributed by atoms with Crippen molar-refractivity contribution in [2.45, 2.75) is 19.0 Å². The largest absolute Gasteiger partial charge is 0.416 e. The first-order valence-electron chi connectivity index (χ1n) is 5.86. The summed E-state index contributed by atoms with van der Waals surface area (Å²) >= 11 is 0. The van der Waals surface area contributed by atoms with Crippen LogP contribution in [0.2, 0.25) is 0 Å². The average Bonchev–Trinajstić information content (AvgIpc) is 2.36. The summed E-state index contributed by atoms with van der Waals surface area (Å²) in [5.41, 5.74) is -0.545. The second-order valence-corrected chi connectivity index (χ2v) is 4.00. The topological polar surface area (TPSA) is 38.3 Å². The van der Waals surface area contributed by atoms with Gasteiger partial charge in [0, 0.05) is 20.1 Å². The van der Waals surface area contributed by atoms with E-state index < -0.39 is 11.7 Å². The molecule has 106 valence electrons. The molecule has 0 saturated heterocycles. The molecule has 19 heavy (non-hydrogen) atoms. The van der Waals surface area contributed by atoms with Crippen molar-refractivity contribution in [1.82, 2.24) is 5.32 Å². The van der Waals surface area contributed by atoms with E-state index in [9.17, 15) is 18.0 Å². The maximum atomic E-state index is 12.7. The Balaban J connectivity index is 2.56. The van der Waals surface area contributed by atoms with Gasteiger partial charge in [0.2, 0.25) is 5.91 Å². The molecule has 0 heterocycles. The van der Waals surface area contributed by atoms with Crippen LogP contribution < -0.4 is 5.32 Å². The van der Waals surface area contributed by atoms with Crippen molar-refractivity contribution in [2.75, 3.05) is 20.3 Å². The van der Waals surface area contributed by atoms with Crippen LogP contribution >= 0.6 is 0 Å². The molecular formula is C13H16F3NO2. The average molecular weight is 275 g/mol. The molecule has 0 aromatic heterocycles. The Kier molecular flexibility index (Phi) is 5.82. The number of nitrogens with one attached hydrogen (secondary N) is 1. The lowest BCUT2D eigenvalue weighted by molar-refractivity contribution is -0.138. The van der Waals surface area contributed by atoms with Crippen molar-refractivity contribution >= 4 is 5.91 Å². The number of ether oxygens (including phenoxy) is 1. The molecule has 1 aromatic carbocycles. The third kappa shape index (κ3) is 5.30. The molecule has 0 saturated carbocycles. The molecule has 0 radical (unpaired) electrons. The number of amides is 1. The molecule has 6 heteroatoms. The zero-order valence-electron chi connectivity index (χ0n) is 10.6. The Morgan fingerprint density at radius 2 is 2.00 bits per heavy atom. The van der Waals surface area contributed by atoms with Gasteiger partial charge >= 0.3 is 6.18 Å². The van der Waals surface area contributed by atoms with Crippen molar-refractivity contribution < 1.29 is 22.7 Å². The number of hydrogen-bond donors (Lipinski definition) is 1. The first-order valence-corrected chi connectivity index (χ1v) is 5.86. The summed E-state index contributed by atoms with van der Waals surface area (Å²) in [6, 6.07) is 5.29. The van der Waals surface area contributed by atoms with E-state index in [1.165, 1.54) is 25.3 Å². The summed E-state index contributed by atoms with van der Waals surface area (Å²) in [6.45, 7) is 0.737. The number of carbonyl (C=O) groups is 1. The number of carbonyl (C=O) groups excluding carboxylic acids is 1. The minimum Gasteiger partial charge on any atom is -0.383 e. The highest BCUT2D eigenvalue weighted by Gasteiger charge is 2.32. The van der Waals surface area contributed by atoms with E-state index in [0.29, 0.717) is 13.2 Å². The number of halogens is 3. The van der Waals surface area contributed by atoms with E-state index >= 15 is 0 Å². The molecule has 1 rings (SSSR count). The van der Waals surface area contributed by atoms with Gasteiger partial charge in [0.15, 0.2) is 0 Å². The maximum absolute atomic E-state index is 12.7. The number of benzene rings is 1. The molecule has 0 fully saturated rings. The molecule has 0 aliphatic rings. The minimum absolute atomic E-state index is 0.0246. The third-order valence-corrected chi connectivity index (χ3v) is 2.57. The van der Waals surface area contributed by atoms with Gasteiger partial charge in [-0.1, -0.05) is 18.2 Å². The second kappa shape index (κ2) is 7.13. The van der Waals surface area contributed by atoms with E-state index in [1.54, 1.807) is 0 Å². The fourth-order valence-electron chi connectivity index (χ4n) is 1.64. The zero-order valence-corrected chi connectivity index (χ0v) is 10.6. The highest BCUT2D eigenvalue weighted by Crippen LogP contribution is 2.32. The van der Waals surface area contributed by atoms with E-state index in [0.717, 1.165) is 6.07 Å². The maximum Gasteiger partial charge on any atom is 0.416 e. The number of methoxy groups -OCH3 is 1.